The number of benzene rings is 2. The van der Waals surface area contributed by atoms with E-state index in [2.05, 4.69) is 10.3 Å². The van der Waals surface area contributed by atoms with Gasteiger partial charge in [0.05, 0.1) is 11.0 Å². The van der Waals surface area contributed by atoms with Crippen molar-refractivity contribution < 1.29 is 9.18 Å². The van der Waals surface area contributed by atoms with E-state index >= 15 is 0 Å². The molecule has 1 amide bonds. The number of thioether (sulfide) groups is 1. The van der Waals surface area contributed by atoms with Crippen LogP contribution in [0.1, 0.15) is 23.7 Å². The summed E-state index contributed by atoms with van der Waals surface area (Å²) in [7, 11) is 1.94. The van der Waals surface area contributed by atoms with Crippen molar-refractivity contribution in [3.8, 4) is 0 Å². The molecule has 1 atom stereocenters. The molecule has 3 aromatic rings. The number of rotatable bonds is 5. The second-order valence-corrected chi connectivity index (χ2v) is 7.35. The number of para-hydroxylation sites is 2. The van der Waals surface area contributed by atoms with Crippen molar-refractivity contribution in [1.82, 2.24) is 14.9 Å². The van der Waals surface area contributed by atoms with Crippen LogP contribution in [0.2, 0.25) is 0 Å². The van der Waals surface area contributed by atoms with E-state index in [0.29, 0.717) is 0 Å². The van der Waals surface area contributed by atoms with Gasteiger partial charge < -0.3 is 9.88 Å². The maximum absolute atomic E-state index is 13.3. The molecule has 4 rings (SSSR count). The first kappa shape index (κ1) is 16.1. The van der Waals surface area contributed by atoms with E-state index in [-0.39, 0.29) is 17.8 Å². The third kappa shape index (κ3) is 3.39. The van der Waals surface area contributed by atoms with Gasteiger partial charge in [0.15, 0.2) is 5.16 Å². The molecule has 25 heavy (non-hydrogen) atoms. The number of nitrogens with one attached hydrogen (secondary N) is 1. The van der Waals surface area contributed by atoms with Crippen LogP contribution in [-0.4, -0.2) is 21.5 Å². The minimum absolute atomic E-state index is 0.0498. The van der Waals surface area contributed by atoms with E-state index in [0.717, 1.165) is 34.6 Å². The summed E-state index contributed by atoms with van der Waals surface area (Å²) in [5.41, 5.74) is 2.69. The number of aryl methyl sites for hydroxylation is 1. The lowest BCUT2D eigenvalue weighted by Gasteiger charge is -2.16. The van der Waals surface area contributed by atoms with E-state index in [4.69, 9.17) is 0 Å². The summed E-state index contributed by atoms with van der Waals surface area (Å²) in [4.78, 5) is 17.4. The second-order valence-electron chi connectivity index (χ2n) is 6.27. The highest BCUT2D eigenvalue weighted by Crippen LogP contribution is 2.37. The van der Waals surface area contributed by atoms with Crippen LogP contribution in [0.3, 0.4) is 0 Å². The molecular formula is C19H18FN3OS. The molecule has 0 unspecified atom stereocenters. The molecule has 1 saturated carbocycles. The lowest BCUT2D eigenvalue weighted by Crippen LogP contribution is -2.29. The normalized spacial score (nSPS) is 15.3. The molecule has 1 aliphatic rings. The molecule has 1 heterocycles. The van der Waals surface area contributed by atoms with Gasteiger partial charge in [0.25, 0.3) is 0 Å². The summed E-state index contributed by atoms with van der Waals surface area (Å²) in [6.07, 6.45) is 2.05. The first-order valence-corrected chi connectivity index (χ1v) is 9.14. The van der Waals surface area contributed by atoms with Crippen LogP contribution in [0.5, 0.6) is 0 Å². The Morgan fingerprint density at radius 3 is 2.64 bits per heavy atom. The zero-order valence-electron chi connectivity index (χ0n) is 13.8. The van der Waals surface area contributed by atoms with Gasteiger partial charge >= 0.3 is 0 Å². The third-order valence-electron chi connectivity index (χ3n) is 4.30. The fourth-order valence-corrected chi connectivity index (χ4v) is 3.84. The fourth-order valence-electron chi connectivity index (χ4n) is 2.75. The molecule has 1 aromatic heterocycles. The molecule has 0 aliphatic heterocycles. The number of nitrogens with zero attached hydrogens (tertiary/aromatic N) is 2. The van der Waals surface area contributed by atoms with E-state index < -0.39 is 5.25 Å². The summed E-state index contributed by atoms with van der Waals surface area (Å²) in [5, 5.41) is 3.35. The highest BCUT2D eigenvalue weighted by molar-refractivity contribution is 8.00. The molecule has 0 bridgehead atoms. The largest absolute Gasteiger partial charge is 0.352 e. The van der Waals surface area contributed by atoms with E-state index in [1.807, 2.05) is 35.9 Å². The number of carbonyl (C=O) groups is 1. The first-order valence-electron chi connectivity index (χ1n) is 8.26. The van der Waals surface area contributed by atoms with Gasteiger partial charge in [0.1, 0.15) is 11.1 Å². The number of hydrogen-bond donors (Lipinski definition) is 1. The average Bonchev–Trinajstić information content (AvgIpc) is 3.37. The lowest BCUT2D eigenvalue weighted by molar-refractivity contribution is -0.120. The summed E-state index contributed by atoms with van der Waals surface area (Å²) in [6.45, 7) is 0. The molecule has 0 spiro atoms. The Kier molecular flexibility index (Phi) is 4.21. The Morgan fingerprint density at radius 2 is 1.96 bits per heavy atom. The third-order valence-corrected chi connectivity index (χ3v) is 5.60. The summed E-state index contributed by atoms with van der Waals surface area (Å²) < 4.78 is 15.3. The topological polar surface area (TPSA) is 46.9 Å². The van der Waals surface area contributed by atoms with E-state index in [1.54, 1.807) is 12.1 Å². The SMILES string of the molecule is Cn1c(S[C@H](C(=O)NC2CC2)c2ccc(F)cc2)nc2ccccc21. The molecular weight excluding hydrogens is 337 g/mol. The van der Waals surface area contributed by atoms with Crippen LogP contribution >= 0.6 is 11.8 Å². The zero-order valence-corrected chi connectivity index (χ0v) is 14.6. The van der Waals surface area contributed by atoms with Crippen molar-refractivity contribution >= 4 is 28.7 Å². The predicted octanol–water partition coefficient (Wildman–Crippen LogP) is 3.82. The van der Waals surface area contributed by atoms with Crippen molar-refractivity contribution in [2.75, 3.05) is 0 Å². The van der Waals surface area contributed by atoms with Gasteiger partial charge in [-0.1, -0.05) is 36.0 Å². The number of amides is 1. The highest BCUT2D eigenvalue weighted by Gasteiger charge is 2.30. The summed E-state index contributed by atoms with van der Waals surface area (Å²) in [6, 6.07) is 14.3. The Balaban J connectivity index is 1.67. The molecule has 1 fully saturated rings. The molecule has 6 heteroatoms. The van der Waals surface area contributed by atoms with Crippen LogP contribution in [0.15, 0.2) is 53.7 Å². The molecule has 0 radical (unpaired) electrons. The number of fused-ring (bicyclic) bond motifs is 1. The Morgan fingerprint density at radius 1 is 1.24 bits per heavy atom. The lowest BCUT2D eigenvalue weighted by atomic mass is 10.1. The smallest absolute Gasteiger partial charge is 0.238 e. The van der Waals surface area contributed by atoms with Crippen LogP contribution in [0.4, 0.5) is 4.39 Å². The van der Waals surface area contributed by atoms with Crippen molar-refractivity contribution in [3.63, 3.8) is 0 Å². The number of imidazole rings is 1. The van der Waals surface area contributed by atoms with E-state index in [1.165, 1.54) is 23.9 Å². The van der Waals surface area contributed by atoms with Crippen molar-refractivity contribution in [2.24, 2.45) is 7.05 Å². The maximum Gasteiger partial charge on any atom is 0.238 e. The molecule has 0 saturated heterocycles. The maximum atomic E-state index is 13.3. The average molecular weight is 355 g/mol. The number of carbonyl (C=O) groups excluding carboxylic acids is 1. The Hall–Kier alpha value is -2.34. The number of hydrogen-bond acceptors (Lipinski definition) is 3. The molecule has 2 aromatic carbocycles. The van der Waals surface area contributed by atoms with Gasteiger partial charge in [-0.25, -0.2) is 9.37 Å². The fraction of sp³-hybridized carbons (Fsp3) is 0.263. The quantitative estimate of drug-likeness (QED) is 0.708. The summed E-state index contributed by atoms with van der Waals surface area (Å²) in [5.74, 6) is -0.357. The zero-order chi connectivity index (χ0) is 17.4. The predicted molar refractivity (Wildman–Crippen MR) is 96.9 cm³/mol. The highest BCUT2D eigenvalue weighted by atomic mass is 32.2. The van der Waals surface area contributed by atoms with Crippen molar-refractivity contribution in [3.05, 3.63) is 59.9 Å². The standard InChI is InChI=1S/C19H18FN3OS/c1-23-16-5-3-2-4-15(16)22-19(23)25-17(18(24)21-14-10-11-14)12-6-8-13(20)9-7-12/h2-9,14,17H,10-11H2,1H3,(H,21,24)/t17-/m0/s1. The Labute approximate surface area is 149 Å². The van der Waals surface area contributed by atoms with Crippen LogP contribution in [0.25, 0.3) is 11.0 Å². The summed E-state index contributed by atoms with van der Waals surface area (Å²) >= 11 is 1.40. The molecule has 128 valence electrons. The van der Waals surface area contributed by atoms with Crippen molar-refractivity contribution in [1.29, 1.82) is 0 Å². The minimum atomic E-state index is -0.461. The molecule has 4 nitrogen and oxygen atoms in total. The second kappa shape index (κ2) is 6.52. The Bertz CT molecular complexity index is 918. The number of halogens is 1. The van der Waals surface area contributed by atoms with Gasteiger partial charge in [-0.05, 0) is 42.7 Å². The van der Waals surface area contributed by atoms with Gasteiger partial charge in [0.2, 0.25) is 5.91 Å². The minimum Gasteiger partial charge on any atom is -0.352 e. The van der Waals surface area contributed by atoms with Crippen LogP contribution in [0, 0.1) is 5.82 Å². The van der Waals surface area contributed by atoms with Gasteiger partial charge in [-0.2, -0.15) is 0 Å². The number of aromatic nitrogens is 2. The van der Waals surface area contributed by atoms with E-state index in [9.17, 15) is 9.18 Å². The van der Waals surface area contributed by atoms with Crippen LogP contribution < -0.4 is 5.32 Å². The molecule has 1 aliphatic carbocycles. The van der Waals surface area contributed by atoms with Crippen LogP contribution in [-0.2, 0) is 11.8 Å². The van der Waals surface area contributed by atoms with Gasteiger partial charge in [-0.3, -0.25) is 4.79 Å². The monoisotopic (exact) mass is 355 g/mol. The van der Waals surface area contributed by atoms with Crippen molar-refractivity contribution in [2.45, 2.75) is 29.3 Å². The van der Waals surface area contributed by atoms with Gasteiger partial charge in [-0.15, -0.1) is 0 Å². The van der Waals surface area contributed by atoms with Gasteiger partial charge in [0, 0.05) is 13.1 Å². The molecule has 1 N–H and O–H groups in total. The first-order chi connectivity index (χ1) is 12.1.